The summed E-state index contributed by atoms with van der Waals surface area (Å²) < 4.78 is 11.1. The maximum atomic E-state index is 10.6. The van der Waals surface area contributed by atoms with Gasteiger partial charge in [-0.3, -0.25) is 4.79 Å². The van der Waals surface area contributed by atoms with Crippen LogP contribution in [0.4, 0.5) is 0 Å². The van der Waals surface area contributed by atoms with Gasteiger partial charge in [-0.15, -0.1) is 0 Å². The molecule has 4 heteroatoms. The molecule has 0 bridgehead atoms. The molecule has 0 heterocycles. The van der Waals surface area contributed by atoms with Crippen LogP contribution >= 0.6 is 0 Å². The van der Waals surface area contributed by atoms with Gasteiger partial charge in [0.2, 0.25) is 5.91 Å². The standard InChI is InChI=1S/C12H25NO3/c1-10(2)15-8-6-12(4,5)16-9-7-13-11(3)14/h10H,6-9H2,1-5H3,(H,13,14). The van der Waals surface area contributed by atoms with E-state index in [1.807, 2.05) is 27.7 Å². The molecular formula is C12H25NO3. The van der Waals surface area contributed by atoms with Crippen molar-refractivity contribution in [2.45, 2.75) is 52.7 Å². The lowest BCUT2D eigenvalue weighted by Gasteiger charge is -2.25. The molecule has 0 aromatic heterocycles. The maximum absolute atomic E-state index is 10.6. The average molecular weight is 231 g/mol. The Morgan fingerprint density at radius 1 is 1.31 bits per heavy atom. The van der Waals surface area contributed by atoms with Gasteiger partial charge in [0, 0.05) is 20.1 Å². The molecule has 0 aliphatic heterocycles. The first-order valence-electron chi connectivity index (χ1n) is 5.83. The normalized spacial score (nSPS) is 11.9. The van der Waals surface area contributed by atoms with Gasteiger partial charge in [-0.1, -0.05) is 0 Å². The summed E-state index contributed by atoms with van der Waals surface area (Å²) in [6, 6.07) is 0. The molecule has 0 saturated heterocycles. The molecule has 0 aromatic carbocycles. The van der Waals surface area contributed by atoms with Gasteiger partial charge in [0.25, 0.3) is 0 Å². The second-order valence-electron chi connectivity index (χ2n) is 4.76. The van der Waals surface area contributed by atoms with Crippen LogP contribution in [0, 0.1) is 0 Å². The SMILES string of the molecule is CC(=O)NCCOC(C)(C)CCOC(C)C. The smallest absolute Gasteiger partial charge is 0.216 e. The first kappa shape index (κ1) is 15.4. The van der Waals surface area contributed by atoms with E-state index in [1.165, 1.54) is 6.92 Å². The zero-order valence-corrected chi connectivity index (χ0v) is 11.1. The van der Waals surface area contributed by atoms with Crippen LogP contribution in [-0.4, -0.2) is 37.4 Å². The Kier molecular flexibility index (Phi) is 7.34. The van der Waals surface area contributed by atoms with Gasteiger partial charge in [0.15, 0.2) is 0 Å². The summed E-state index contributed by atoms with van der Waals surface area (Å²) in [5.74, 6) is -0.0236. The third-order valence-corrected chi connectivity index (χ3v) is 2.12. The molecule has 96 valence electrons. The summed E-state index contributed by atoms with van der Waals surface area (Å²) in [6.07, 6.45) is 1.11. The topological polar surface area (TPSA) is 47.6 Å². The van der Waals surface area contributed by atoms with Crippen molar-refractivity contribution in [1.29, 1.82) is 0 Å². The minimum absolute atomic E-state index is 0.0236. The Hall–Kier alpha value is -0.610. The molecule has 1 N–H and O–H groups in total. The fourth-order valence-corrected chi connectivity index (χ4v) is 1.17. The van der Waals surface area contributed by atoms with Gasteiger partial charge in [-0.05, 0) is 34.1 Å². The zero-order valence-electron chi connectivity index (χ0n) is 11.1. The maximum Gasteiger partial charge on any atom is 0.216 e. The largest absolute Gasteiger partial charge is 0.379 e. The number of carbonyl (C=O) groups is 1. The summed E-state index contributed by atoms with van der Waals surface area (Å²) in [6.45, 7) is 11.4. The highest BCUT2D eigenvalue weighted by Gasteiger charge is 2.18. The highest BCUT2D eigenvalue weighted by Crippen LogP contribution is 2.14. The van der Waals surface area contributed by atoms with E-state index in [0.29, 0.717) is 19.8 Å². The number of carbonyl (C=O) groups excluding carboxylic acids is 1. The molecule has 4 nitrogen and oxygen atoms in total. The van der Waals surface area contributed by atoms with Gasteiger partial charge in [-0.2, -0.15) is 0 Å². The van der Waals surface area contributed by atoms with Crippen molar-refractivity contribution >= 4 is 5.91 Å². The van der Waals surface area contributed by atoms with Gasteiger partial charge in [0.05, 0.1) is 18.3 Å². The van der Waals surface area contributed by atoms with Crippen molar-refractivity contribution < 1.29 is 14.3 Å². The molecule has 0 aromatic rings. The van der Waals surface area contributed by atoms with Crippen molar-refractivity contribution in [2.24, 2.45) is 0 Å². The molecule has 0 atom stereocenters. The minimum Gasteiger partial charge on any atom is -0.379 e. The summed E-state index contributed by atoms with van der Waals surface area (Å²) >= 11 is 0. The van der Waals surface area contributed by atoms with Gasteiger partial charge >= 0.3 is 0 Å². The van der Waals surface area contributed by atoms with Gasteiger partial charge in [-0.25, -0.2) is 0 Å². The van der Waals surface area contributed by atoms with Crippen LogP contribution in [0.5, 0.6) is 0 Å². The van der Waals surface area contributed by atoms with E-state index in [4.69, 9.17) is 9.47 Å². The monoisotopic (exact) mass is 231 g/mol. The molecule has 0 spiro atoms. The fourth-order valence-electron chi connectivity index (χ4n) is 1.17. The number of hydrogen-bond acceptors (Lipinski definition) is 3. The van der Waals surface area contributed by atoms with Crippen LogP contribution < -0.4 is 5.32 Å². The van der Waals surface area contributed by atoms with Crippen LogP contribution in [0.1, 0.15) is 41.0 Å². The van der Waals surface area contributed by atoms with Crippen molar-refractivity contribution in [3.8, 4) is 0 Å². The molecule has 0 rings (SSSR count). The van der Waals surface area contributed by atoms with Crippen LogP contribution in [0.2, 0.25) is 0 Å². The number of amides is 1. The van der Waals surface area contributed by atoms with E-state index in [0.717, 1.165) is 6.42 Å². The first-order valence-corrected chi connectivity index (χ1v) is 5.83. The van der Waals surface area contributed by atoms with Crippen molar-refractivity contribution in [2.75, 3.05) is 19.8 Å². The lowest BCUT2D eigenvalue weighted by Crippen LogP contribution is -2.32. The van der Waals surface area contributed by atoms with E-state index >= 15 is 0 Å². The summed E-state index contributed by atoms with van der Waals surface area (Å²) in [7, 11) is 0. The lowest BCUT2D eigenvalue weighted by molar-refractivity contribution is -0.119. The number of nitrogens with one attached hydrogen (secondary N) is 1. The molecule has 0 radical (unpaired) electrons. The van der Waals surface area contributed by atoms with Crippen molar-refractivity contribution in [3.05, 3.63) is 0 Å². The highest BCUT2D eigenvalue weighted by atomic mass is 16.5. The van der Waals surface area contributed by atoms with Crippen molar-refractivity contribution in [3.63, 3.8) is 0 Å². The third-order valence-electron chi connectivity index (χ3n) is 2.12. The van der Waals surface area contributed by atoms with E-state index in [2.05, 4.69) is 5.32 Å². The average Bonchev–Trinajstić information content (AvgIpc) is 2.11. The van der Waals surface area contributed by atoms with E-state index < -0.39 is 0 Å². The van der Waals surface area contributed by atoms with E-state index in [9.17, 15) is 4.79 Å². The van der Waals surface area contributed by atoms with Crippen LogP contribution in [0.15, 0.2) is 0 Å². The number of rotatable bonds is 8. The van der Waals surface area contributed by atoms with E-state index in [1.54, 1.807) is 0 Å². The zero-order chi connectivity index (χ0) is 12.6. The minimum atomic E-state index is -0.201. The van der Waals surface area contributed by atoms with Crippen molar-refractivity contribution in [1.82, 2.24) is 5.32 Å². The molecular weight excluding hydrogens is 206 g/mol. The fraction of sp³-hybridized carbons (Fsp3) is 0.917. The molecule has 0 fully saturated rings. The van der Waals surface area contributed by atoms with Gasteiger partial charge < -0.3 is 14.8 Å². The van der Waals surface area contributed by atoms with Gasteiger partial charge in [0.1, 0.15) is 0 Å². The Balaban J connectivity index is 3.57. The molecule has 1 amide bonds. The van der Waals surface area contributed by atoms with Crippen LogP contribution in [0.25, 0.3) is 0 Å². The Bertz CT molecular complexity index is 202. The Morgan fingerprint density at radius 2 is 1.94 bits per heavy atom. The van der Waals surface area contributed by atoms with Crippen LogP contribution in [-0.2, 0) is 14.3 Å². The molecule has 0 saturated carbocycles. The molecule has 0 unspecified atom stereocenters. The quantitative estimate of drug-likeness (QED) is 0.647. The predicted molar refractivity (Wildman–Crippen MR) is 64.4 cm³/mol. The van der Waals surface area contributed by atoms with Crippen LogP contribution in [0.3, 0.4) is 0 Å². The summed E-state index contributed by atoms with van der Waals surface area (Å²) in [5.41, 5.74) is -0.201. The molecule has 16 heavy (non-hydrogen) atoms. The Morgan fingerprint density at radius 3 is 2.44 bits per heavy atom. The second kappa shape index (κ2) is 7.63. The third kappa shape index (κ3) is 9.93. The summed E-state index contributed by atoms with van der Waals surface area (Å²) in [5, 5.41) is 2.70. The highest BCUT2D eigenvalue weighted by molar-refractivity contribution is 5.72. The summed E-state index contributed by atoms with van der Waals surface area (Å²) in [4.78, 5) is 10.6. The molecule has 0 aliphatic carbocycles. The Labute approximate surface area is 98.7 Å². The predicted octanol–water partition coefficient (Wildman–Crippen LogP) is 1.73. The van der Waals surface area contributed by atoms with E-state index in [-0.39, 0.29) is 17.6 Å². The number of hydrogen-bond donors (Lipinski definition) is 1. The second-order valence-corrected chi connectivity index (χ2v) is 4.76. The molecule has 0 aliphatic rings. The lowest BCUT2D eigenvalue weighted by atomic mass is 10.1. The first-order chi connectivity index (χ1) is 7.33. The number of ether oxygens (including phenoxy) is 2.